The molecule has 31 heavy (non-hydrogen) atoms. The van der Waals surface area contributed by atoms with Crippen LogP contribution in [0.5, 0.6) is 5.75 Å². The molecule has 0 fully saturated rings. The third kappa shape index (κ3) is 4.07. The zero-order valence-electron chi connectivity index (χ0n) is 17.0. The van der Waals surface area contributed by atoms with Gasteiger partial charge in [0.05, 0.1) is 25.3 Å². The van der Waals surface area contributed by atoms with Gasteiger partial charge in [-0.1, -0.05) is 41.9 Å². The summed E-state index contributed by atoms with van der Waals surface area (Å²) in [5.41, 5.74) is 0.235. The highest BCUT2D eigenvalue weighted by molar-refractivity contribution is 6.31. The quantitative estimate of drug-likeness (QED) is 0.544. The number of rotatable bonds is 7. The number of aliphatic hydroxyl groups is 1. The van der Waals surface area contributed by atoms with Crippen molar-refractivity contribution in [3.8, 4) is 5.75 Å². The number of fused-ring (bicyclic) bond motifs is 1. The molecule has 4 rings (SSSR count). The number of anilines is 1. The molecular formula is C25H22ClNO4. The number of Topliss-reactive ketones (excluding diaryl/α,β-unsaturated/α-hetero) is 1. The summed E-state index contributed by atoms with van der Waals surface area (Å²) >= 11 is 6.17. The molecule has 6 heteroatoms. The van der Waals surface area contributed by atoms with Crippen LogP contribution in [-0.4, -0.2) is 23.4 Å². The third-order valence-corrected chi connectivity index (χ3v) is 5.62. The number of hydrogen-bond donors (Lipinski definition) is 1. The molecule has 1 atom stereocenters. The SMILES string of the molecule is CCOc1ccc(C(=O)C[C@@]2(O)C(=O)N(Cc3ccccc3)c3ccc(Cl)cc32)cc1. The molecule has 0 saturated carbocycles. The van der Waals surface area contributed by atoms with Gasteiger partial charge in [0.2, 0.25) is 0 Å². The summed E-state index contributed by atoms with van der Waals surface area (Å²) < 4.78 is 5.41. The monoisotopic (exact) mass is 435 g/mol. The topological polar surface area (TPSA) is 66.8 Å². The molecule has 1 aliphatic rings. The van der Waals surface area contributed by atoms with Gasteiger partial charge in [0.15, 0.2) is 11.4 Å². The number of benzene rings is 3. The van der Waals surface area contributed by atoms with E-state index < -0.39 is 11.5 Å². The minimum atomic E-state index is -1.98. The van der Waals surface area contributed by atoms with E-state index in [1.54, 1.807) is 42.5 Å². The normalized spacial score (nSPS) is 17.5. The fraction of sp³-hybridized carbons (Fsp3) is 0.200. The van der Waals surface area contributed by atoms with Gasteiger partial charge in [-0.2, -0.15) is 0 Å². The van der Waals surface area contributed by atoms with Crippen molar-refractivity contribution >= 4 is 29.0 Å². The van der Waals surface area contributed by atoms with Crippen molar-refractivity contribution in [2.45, 2.75) is 25.5 Å². The molecule has 0 aliphatic carbocycles. The van der Waals surface area contributed by atoms with Gasteiger partial charge in [0, 0.05) is 16.1 Å². The first-order valence-electron chi connectivity index (χ1n) is 10.1. The Bertz CT molecular complexity index is 1110. The second-order valence-electron chi connectivity index (χ2n) is 7.46. The molecule has 1 heterocycles. The first-order chi connectivity index (χ1) is 14.9. The molecule has 0 bridgehead atoms. The number of hydrogen-bond acceptors (Lipinski definition) is 4. The van der Waals surface area contributed by atoms with Gasteiger partial charge in [0.25, 0.3) is 5.91 Å². The summed E-state index contributed by atoms with van der Waals surface area (Å²) in [6.07, 6.45) is -0.377. The van der Waals surface area contributed by atoms with Crippen molar-refractivity contribution in [3.05, 3.63) is 94.5 Å². The number of nitrogens with zero attached hydrogens (tertiary/aromatic N) is 1. The largest absolute Gasteiger partial charge is 0.494 e. The molecule has 0 unspecified atom stereocenters. The lowest BCUT2D eigenvalue weighted by Crippen LogP contribution is -2.41. The molecule has 158 valence electrons. The van der Waals surface area contributed by atoms with Gasteiger partial charge in [-0.3, -0.25) is 9.59 Å². The van der Waals surface area contributed by atoms with Crippen molar-refractivity contribution in [2.75, 3.05) is 11.5 Å². The molecule has 1 aliphatic heterocycles. The van der Waals surface area contributed by atoms with Gasteiger partial charge in [0.1, 0.15) is 5.75 Å². The summed E-state index contributed by atoms with van der Waals surface area (Å²) in [6, 6.07) is 21.1. The van der Waals surface area contributed by atoms with E-state index in [1.807, 2.05) is 37.3 Å². The predicted octanol–water partition coefficient (Wildman–Crippen LogP) is 4.75. The van der Waals surface area contributed by atoms with Crippen LogP contribution in [0.1, 0.15) is 34.8 Å². The van der Waals surface area contributed by atoms with Crippen LogP contribution >= 0.6 is 11.6 Å². The number of halogens is 1. The third-order valence-electron chi connectivity index (χ3n) is 5.38. The van der Waals surface area contributed by atoms with E-state index in [4.69, 9.17) is 16.3 Å². The van der Waals surface area contributed by atoms with Crippen LogP contribution in [0, 0.1) is 0 Å². The molecule has 0 aromatic heterocycles. The van der Waals surface area contributed by atoms with Gasteiger partial charge in [-0.25, -0.2) is 0 Å². The summed E-state index contributed by atoms with van der Waals surface area (Å²) in [4.78, 5) is 27.8. The lowest BCUT2D eigenvalue weighted by molar-refractivity contribution is -0.136. The Morgan fingerprint density at radius 2 is 1.77 bits per heavy atom. The smallest absolute Gasteiger partial charge is 0.264 e. The van der Waals surface area contributed by atoms with Crippen molar-refractivity contribution in [2.24, 2.45) is 0 Å². The predicted molar refractivity (Wildman–Crippen MR) is 120 cm³/mol. The van der Waals surface area contributed by atoms with E-state index in [-0.39, 0.29) is 18.7 Å². The standard InChI is InChI=1S/C25H22ClNO4/c1-2-31-20-11-8-18(9-12-20)23(28)15-25(30)21-14-19(26)10-13-22(21)27(24(25)29)16-17-6-4-3-5-7-17/h3-14,30H,2,15-16H2,1H3/t25-/m0/s1. The maximum absolute atomic E-state index is 13.4. The second kappa shape index (κ2) is 8.53. The number of carbonyl (C=O) groups excluding carboxylic acids is 2. The fourth-order valence-electron chi connectivity index (χ4n) is 3.85. The number of carbonyl (C=O) groups is 2. The molecule has 1 amide bonds. The van der Waals surface area contributed by atoms with E-state index in [1.165, 1.54) is 4.90 Å². The Morgan fingerprint density at radius 3 is 2.45 bits per heavy atom. The van der Waals surface area contributed by atoms with Crippen molar-refractivity contribution in [1.29, 1.82) is 0 Å². The average Bonchev–Trinajstić information content (AvgIpc) is 2.96. The van der Waals surface area contributed by atoms with Crippen LogP contribution in [0.2, 0.25) is 5.02 Å². The van der Waals surface area contributed by atoms with Gasteiger partial charge in [-0.15, -0.1) is 0 Å². The minimum Gasteiger partial charge on any atom is -0.494 e. The molecular weight excluding hydrogens is 414 g/mol. The van der Waals surface area contributed by atoms with Crippen LogP contribution in [0.25, 0.3) is 0 Å². The van der Waals surface area contributed by atoms with E-state index in [0.717, 1.165) is 5.56 Å². The van der Waals surface area contributed by atoms with E-state index >= 15 is 0 Å². The molecule has 0 radical (unpaired) electrons. The van der Waals surface area contributed by atoms with Gasteiger partial charge >= 0.3 is 0 Å². The maximum atomic E-state index is 13.4. The molecule has 5 nitrogen and oxygen atoms in total. The molecule has 3 aromatic rings. The first-order valence-corrected chi connectivity index (χ1v) is 10.4. The Hall–Kier alpha value is -3.15. The molecule has 0 saturated heterocycles. The number of ketones is 1. The summed E-state index contributed by atoms with van der Waals surface area (Å²) in [5, 5.41) is 11.8. The van der Waals surface area contributed by atoms with Crippen LogP contribution in [-0.2, 0) is 16.9 Å². The number of ether oxygens (including phenoxy) is 1. The van der Waals surface area contributed by atoms with Crippen molar-refractivity contribution in [1.82, 2.24) is 0 Å². The highest BCUT2D eigenvalue weighted by Crippen LogP contribution is 2.44. The Labute approximate surface area is 185 Å². The highest BCUT2D eigenvalue weighted by atomic mass is 35.5. The maximum Gasteiger partial charge on any atom is 0.264 e. The molecule has 1 N–H and O–H groups in total. The van der Waals surface area contributed by atoms with E-state index in [2.05, 4.69) is 0 Å². The first kappa shape index (κ1) is 21.1. The van der Waals surface area contributed by atoms with Crippen LogP contribution in [0.15, 0.2) is 72.8 Å². The van der Waals surface area contributed by atoms with Crippen molar-refractivity contribution < 1.29 is 19.4 Å². The second-order valence-corrected chi connectivity index (χ2v) is 7.89. The van der Waals surface area contributed by atoms with Crippen molar-refractivity contribution in [3.63, 3.8) is 0 Å². The number of amides is 1. The zero-order valence-corrected chi connectivity index (χ0v) is 17.8. The Kier molecular flexibility index (Phi) is 5.81. The lowest BCUT2D eigenvalue weighted by atomic mass is 9.88. The van der Waals surface area contributed by atoms with Crippen LogP contribution in [0.3, 0.4) is 0 Å². The minimum absolute atomic E-state index is 0.286. The van der Waals surface area contributed by atoms with E-state index in [9.17, 15) is 14.7 Å². The average molecular weight is 436 g/mol. The molecule has 0 spiro atoms. The Balaban J connectivity index is 1.65. The molecule has 3 aromatic carbocycles. The van der Waals surface area contributed by atoms with Gasteiger partial charge < -0.3 is 14.7 Å². The van der Waals surface area contributed by atoms with E-state index in [0.29, 0.717) is 34.2 Å². The fourth-order valence-corrected chi connectivity index (χ4v) is 4.03. The zero-order chi connectivity index (χ0) is 22.0. The lowest BCUT2D eigenvalue weighted by Gasteiger charge is -2.23. The van der Waals surface area contributed by atoms with Gasteiger partial charge in [-0.05, 0) is 55.0 Å². The summed E-state index contributed by atoms with van der Waals surface area (Å²) in [5.74, 6) is -0.222. The summed E-state index contributed by atoms with van der Waals surface area (Å²) in [7, 11) is 0. The Morgan fingerprint density at radius 1 is 1.06 bits per heavy atom. The van der Waals surface area contributed by atoms with Crippen LogP contribution < -0.4 is 9.64 Å². The highest BCUT2D eigenvalue weighted by Gasteiger charge is 2.51. The summed E-state index contributed by atoms with van der Waals surface area (Å²) in [6.45, 7) is 2.69. The van der Waals surface area contributed by atoms with Crippen LogP contribution in [0.4, 0.5) is 5.69 Å².